The highest BCUT2D eigenvalue weighted by Crippen LogP contribution is 2.26. The Bertz CT molecular complexity index is 465. The first-order valence-corrected chi connectivity index (χ1v) is 7.25. The lowest BCUT2D eigenvalue weighted by Gasteiger charge is -2.24. The van der Waals surface area contributed by atoms with Crippen LogP contribution < -0.4 is 5.32 Å². The third-order valence-electron chi connectivity index (χ3n) is 4.04. The van der Waals surface area contributed by atoms with Crippen molar-refractivity contribution in [1.29, 1.82) is 0 Å². The van der Waals surface area contributed by atoms with Crippen molar-refractivity contribution >= 4 is 5.78 Å². The van der Waals surface area contributed by atoms with Crippen LogP contribution in [0, 0.1) is 12.8 Å². The van der Waals surface area contributed by atoms with Crippen LogP contribution in [0.1, 0.15) is 55.1 Å². The summed E-state index contributed by atoms with van der Waals surface area (Å²) in [5.41, 5.74) is 3.35. The molecule has 1 saturated heterocycles. The maximum absolute atomic E-state index is 12.7. The van der Waals surface area contributed by atoms with Gasteiger partial charge in [-0.05, 0) is 48.9 Å². The molecule has 0 bridgehead atoms. The van der Waals surface area contributed by atoms with Crippen molar-refractivity contribution in [2.75, 3.05) is 13.1 Å². The fourth-order valence-corrected chi connectivity index (χ4v) is 2.65. The van der Waals surface area contributed by atoms with Gasteiger partial charge in [-0.3, -0.25) is 4.79 Å². The number of aryl methyl sites for hydroxylation is 1. The molecule has 0 spiro atoms. The first kappa shape index (κ1) is 14.3. The van der Waals surface area contributed by atoms with E-state index < -0.39 is 0 Å². The average Bonchev–Trinajstić information content (AvgIpc) is 2.38. The molecule has 0 saturated carbocycles. The summed E-state index contributed by atoms with van der Waals surface area (Å²) < 4.78 is 0. The van der Waals surface area contributed by atoms with Gasteiger partial charge in [0, 0.05) is 18.0 Å². The first-order chi connectivity index (χ1) is 8.89. The molecule has 19 heavy (non-hydrogen) atoms. The van der Waals surface area contributed by atoms with Gasteiger partial charge in [0.1, 0.15) is 0 Å². The second-order valence-corrected chi connectivity index (χ2v) is 6.69. The third kappa shape index (κ3) is 3.24. The van der Waals surface area contributed by atoms with Crippen LogP contribution in [0.5, 0.6) is 0 Å². The Hall–Kier alpha value is -1.15. The van der Waals surface area contributed by atoms with Crippen molar-refractivity contribution in [2.45, 2.75) is 46.0 Å². The molecular weight excluding hydrogens is 234 g/mol. The Labute approximate surface area is 116 Å². The second kappa shape index (κ2) is 5.46. The van der Waals surface area contributed by atoms with E-state index in [1.54, 1.807) is 0 Å². The first-order valence-electron chi connectivity index (χ1n) is 7.25. The summed E-state index contributed by atoms with van der Waals surface area (Å²) in [6.45, 7) is 10.5. The molecule has 2 heteroatoms. The van der Waals surface area contributed by atoms with Gasteiger partial charge in [0.25, 0.3) is 0 Å². The molecule has 1 aromatic carbocycles. The van der Waals surface area contributed by atoms with E-state index in [-0.39, 0.29) is 11.3 Å². The molecular formula is C17H25NO. The molecule has 0 amide bonds. The van der Waals surface area contributed by atoms with Crippen LogP contribution in [-0.2, 0) is 5.41 Å². The normalized spacial score (nSPS) is 20.3. The second-order valence-electron chi connectivity index (χ2n) is 6.69. The van der Waals surface area contributed by atoms with Gasteiger partial charge in [-0.15, -0.1) is 0 Å². The predicted molar refractivity (Wildman–Crippen MR) is 79.8 cm³/mol. The van der Waals surface area contributed by atoms with E-state index in [1.807, 2.05) is 6.92 Å². The maximum Gasteiger partial charge on any atom is 0.167 e. The van der Waals surface area contributed by atoms with Crippen LogP contribution in [0.25, 0.3) is 0 Å². The van der Waals surface area contributed by atoms with Gasteiger partial charge < -0.3 is 5.32 Å². The molecule has 1 aliphatic rings. The summed E-state index contributed by atoms with van der Waals surface area (Å²) in [5.74, 6) is 0.471. The summed E-state index contributed by atoms with van der Waals surface area (Å²) in [4.78, 5) is 12.7. The lowest BCUT2D eigenvalue weighted by Crippen LogP contribution is -2.34. The lowest BCUT2D eigenvalue weighted by atomic mass is 9.82. The molecule has 0 aliphatic carbocycles. The van der Waals surface area contributed by atoms with Crippen LogP contribution in [0.15, 0.2) is 18.2 Å². The van der Waals surface area contributed by atoms with Crippen molar-refractivity contribution in [1.82, 2.24) is 5.32 Å². The van der Waals surface area contributed by atoms with Gasteiger partial charge in [0.05, 0.1) is 0 Å². The SMILES string of the molecule is Cc1ccc(C(C)(C)C)cc1C(=O)C1CCCNC1. The molecule has 1 fully saturated rings. The van der Waals surface area contributed by atoms with E-state index >= 15 is 0 Å². The lowest BCUT2D eigenvalue weighted by molar-refractivity contribution is 0.0899. The summed E-state index contributed by atoms with van der Waals surface area (Å²) in [6, 6.07) is 6.33. The quantitative estimate of drug-likeness (QED) is 0.824. The molecule has 2 nitrogen and oxygen atoms in total. The zero-order chi connectivity index (χ0) is 14.0. The van der Waals surface area contributed by atoms with E-state index in [2.05, 4.69) is 44.3 Å². The maximum atomic E-state index is 12.7. The minimum atomic E-state index is 0.0908. The number of carbonyl (C=O) groups excluding carboxylic acids is 1. The number of Topliss-reactive ketones (excluding diaryl/α,β-unsaturated/α-hetero) is 1. The van der Waals surface area contributed by atoms with Crippen molar-refractivity contribution < 1.29 is 4.79 Å². The summed E-state index contributed by atoms with van der Waals surface area (Å²) in [6.07, 6.45) is 2.12. The van der Waals surface area contributed by atoms with Crippen molar-refractivity contribution in [2.24, 2.45) is 5.92 Å². The Kier molecular flexibility index (Phi) is 4.10. The number of carbonyl (C=O) groups is 1. The number of hydrogen-bond acceptors (Lipinski definition) is 2. The third-order valence-corrected chi connectivity index (χ3v) is 4.04. The van der Waals surface area contributed by atoms with Crippen LogP contribution in [-0.4, -0.2) is 18.9 Å². The molecule has 1 heterocycles. The molecule has 2 rings (SSSR count). The smallest absolute Gasteiger partial charge is 0.167 e. The molecule has 1 atom stereocenters. The molecule has 0 radical (unpaired) electrons. The number of ketones is 1. The molecule has 1 N–H and O–H groups in total. The van der Waals surface area contributed by atoms with Gasteiger partial charge in [-0.2, -0.15) is 0 Å². The van der Waals surface area contributed by atoms with Gasteiger partial charge >= 0.3 is 0 Å². The van der Waals surface area contributed by atoms with E-state index in [4.69, 9.17) is 0 Å². The highest BCUT2D eigenvalue weighted by atomic mass is 16.1. The minimum Gasteiger partial charge on any atom is -0.316 e. The van der Waals surface area contributed by atoms with Crippen LogP contribution >= 0.6 is 0 Å². The summed E-state index contributed by atoms with van der Waals surface area (Å²) >= 11 is 0. The zero-order valence-corrected chi connectivity index (χ0v) is 12.5. The number of piperidine rings is 1. The van der Waals surface area contributed by atoms with E-state index in [0.717, 1.165) is 37.1 Å². The highest BCUT2D eigenvalue weighted by Gasteiger charge is 2.24. The van der Waals surface area contributed by atoms with E-state index in [1.165, 1.54) is 5.56 Å². The minimum absolute atomic E-state index is 0.0908. The van der Waals surface area contributed by atoms with E-state index in [9.17, 15) is 4.79 Å². The zero-order valence-electron chi connectivity index (χ0n) is 12.5. The van der Waals surface area contributed by atoms with Crippen LogP contribution in [0.2, 0.25) is 0 Å². The standard InChI is InChI=1S/C17H25NO/c1-12-7-8-14(17(2,3)4)10-15(12)16(19)13-6-5-9-18-11-13/h7-8,10,13,18H,5-6,9,11H2,1-4H3. The van der Waals surface area contributed by atoms with Gasteiger partial charge in [-0.25, -0.2) is 0 Å². The molecule has 1 aliphatic heterocycles. The van der Waals surface area contributed by atoms with Crippen molar-refractivity contribution in [3.63, 3.8) is 0 Å². The van der Waals surface area contributed by atoms with E-state index in [0.29, 0.717) is 5.78 Å². The number of benzene rings is 1. The van der Waals surface area contributed by atoms with Crippen LogP contribution in [0.4, 0.5) is 0 Å². The van der Waals surface area contributed by atoms with Gasteiger partial charge in [-0.1, -0.05) is 32.9 Å². The number of hydrogen-bond donors (Lipinski definition) is 1. The fraction of sp³-hybridized carbons (Fsp3) is 0.588. The topological polar surface area (TPSA) is 29.1 Å². The van der Waals surface area contributed by atoms with Gasteiger partial charge in [0.15, 0.2) is 5.78 Å². The van der Waals surface area contributed by atoms with Gasteiger partial charge in [0.2, 0.25) is 0 Å². The fourth-order valence-electron chi connectivity index (χ4n) is 2.65. The largest absolute Gasteiger partial charge is 0.316 e. The molecule has 104 valence electrons. The molecule has 0 aromatic heterocycles. The average molecular weight is 259 g/mol. The molecule has 1 unspecified atom stereocenters. The summed E-state index contributed by atoms with van der Waals surface area (Å²) in [7, 11) is 0. The monoisotopic (exact) mass is 259 g/mol. The van der Waals surface area contributed by atoms with Crippen LogP contribution in [0.3, 0.4) is 0 Å². The van der Waals surface area contributed by atoms with Crippen molar-refractivity contribution in [3.8, 4) is 0 Å². The predicted octanol–water partition coefficient (Wildman–Crippen LogP) is 3.47. The Balaban J connectivity index is 2.30. The Morgan fingerprint density at radius 3 is 2.63 bits per heavy atom. The Morgan fingerprint density at radius 2 is 2.05 bits per heavy atom. The number of rotatable bonds is 2. The Morgan fingerprint density at radius 1 is 1.32 bits per heavy atom. The molecule has 1 aromatic rings. The summed E-state index contributed by atoms with van der Waals surface area (Å²) in [5, 5.41) is 3.33. The number of nitrogens with one attached hydrogen (secondary N) is 1. The van der Waals surface area contributed by atoms with Crippen molar-refractivity contribution in [3.05, 3.63) is 34.9 Å². The highest BCUT2D eigenvalue weighted by molar-refractivity contribution is 5.99.